The third-order valence-electron chi connectivity index (χ3n) is 5.28. The van der Waals surface area contributed by atoms with Crippen molar-refractivity contribution in [2.45, 2.75) is 51.6 Å². The van der Waals surface area contributed by atoms with Crippen molar-refractivity contribution in [1.29, 1.82) is 0 Å². The van der Waals surface area contributed by atoms with Crippen LogP contribution < -0.4 is 11.2 Å². The van der Waals surface area contributed by atoms with E-state index in [2.05, 4.69) is 16.8 Å². The SMILES string of the molecule is CCN(CCCn1c(=O)c2c(ncn2C)n(C)c1=O)C1CCCC1. The highest BCUT2D eigenvalue weighted by Gasteiger charge is 2.21. The molecule has 0 bridgehead atoms. The standard InChI is InChI=1S/C17H27N5O2/c1-4-21(13-8-5-6-9-13)10-7-11-22-16(23)14-15(18-12-19(14)2)20(3)17(22)24/h12-13H,4-11H2,1-3H3. The first kappa shape index (κ1) is 17.0. The predicted molar refractivity (Wildman–Crippen MR) is 94.3 cm³/mol. The number of aryl methyl sites for hydroxylation is 2. The summed E-state index contributed by atoms with van der Waals surface area (Å²) in [7, 11) is 3.45. The molecule has 0 unspecified atom stereocenters. The summed E-state index contributed by atoms with van der Waals surface area (Å²) in [6.45, 7) is 4.60. The molecule has 24 heavy (non-hydrogen) atoms. The first-order valence-corrected chi connectivity index (χ1v) is 8.89. The van der Waals surface area contributed by atoms with Crippen molar-refractivity contribution in [2.75, 3.05) is 13.1 Å². The van der Waals surface area contributed by atoms with Crippen LogP contribution in [0.2, 0.25) is 0 Å². The van der Waals surface area contributed by atoms with Crippen molar-refractivity contribution < 1.29 is 0 Å². The van der Waals surface area contributed by atoms with Crippen molar-refractivity contribution in [1.82, 2.24) is 23.6 Å². The largest absolute Gasteiger partial charge is 0.332 e. The van der Waals surface area contributed by atoms with E-state index in [1.54, 1.807) is 25.0 Å². The molecule has 2 heterocycles. The Morgan fingerprint density at radius 2 is 1.96 bits per heavy atom. The van der Waals surface area contributed by atoms with E-state index >= 15 is 0 Å². The lowest BCUT2D eigenvalue weighted by atomic mass is 10.2. The van der Waals surface area contributed by atoms with Gasteiger partial charge in [0, 0.05) is 33.2 Å². The monoisotopic (exact) mass is 333 g/mol. The van der Waals surface area contributed by atoms with E-state index < -0.39 is 0 Å². The van der Waals surface area contributed by atoms with Gasteiger partial charge in [-0.15, -0.1) is 0 Å². The van der Waals surface area contributed by atoms with E-state index in [0.717, 1.165) is 19.5 Å². The van der Waals surface area contributed by atoms with E-state index in [0.29, 0.717) is 23.8 Å². The zero-order valence-electron chi connectivity index (χ0n) is 14.9. The number of aromatic nitrogens is 4. The second-order valence-corrected chi connectivity index (χ2v) is 6.75. The van der Waals surface area contributed by atoms with Gasteiger partial charge < -0.3 is 9.47 Å². The summed E-state index contributed by atoms with van der Waals surface area (Å²) in [6, 6.07) is 0.675. The van der Waals surface area contributed by atoms with Crippen LogP contribution in [0.25, 0.3) is 11.2 Å². The fraction of sp³-hybridized carbons (Fsp3) is 0.706. The number of nitrogens with zero attached hydrogens (tertiary/aromatic N) is 5. The molecule has 2 aromatic rings. The average molecular weight is 333 g/mol. The van der Waals surface area contributed by atoms with Crippen molar-refractivity contribution in [3.05, 3.63) is 27.2 Å². The lowest BCUT2D eigenvalue weighted by Gasteiger charge is -2.27. The summed E-state index contributed by atoms with van der Waals surface area (Å²) in [5.41, 5.74) is 0.414. The van der Waals surface area contributed by atoms with Crippen molar-refractivity contribution >= 4 is 11.2 Å². The highest BCUT2D eigenvalue weighted by atomic mass is 16.2. The van der Waals surface area contributed by atoms with Crippen molar-refractivity contribution in [3.63, 3.8) is 0 Å². The number of rotatable bonds is 6. The number of hydrogen-bond acceptors (Lipinski definition) is 4. The summed E-state index contributed by atoms with van der Waals surface area (Å²) >= 11 is 0. The zero-order chi connectivity index (χ0) is 17.3. The van der Waals surface area contributed by atoms with E-state index in [1.807, 2.05) is 0 Å². The van der Waals surface area contributed by atoms with E-state index in [1.165, 1.54) is 34.8 Å². The minimum atomic E-state index is -0.282. The Morgan fingerprint density at radius 3 is 2.62 bits per heavy atom. The van der Waals surface area contributed by atoms with Crippen LogP contribution in [0.5, 0.6) is 0 Å². The molecular formula is C17H27N5O2. The lowest BCUT2D eigenvalue weighted by molar-refractivity contribution is 0.202. The van der Waals surface area contributed by atoms with Crippen LogP contribution in [0, 0.1) is 0 Å². The van der Waals surface area contributed by atoms with Crippen LogP contribution in [-0.4, -0.2) is 42.7 Å². The van der Waals surface area contributed by atoms with Gasteiger partial charge in [0.25, 0.3) is 5.56 Å². The Bertz CT molecular complexity index is 826. The van der Waals surface area contributed by atoms with Crippen LogP contribution in [0.1, 0.15) is 39.0 Å². The van der Waals surface area contributed by atoms with Crippen molar-refractivity contribution in [3.8, 4) is 0 Å². The molecule has 0 saturated heterocycles. The first-order valence-electron chi connectivity index (χ1n) is 8.89. The van der Waals surface area contributed by atoms with Gasteiger partial charge in [-0.05, 0) is 25.8 Å². The molecule has 0 atom stereocenters. The molecule has 7 nitrogen and oxygen atoms in total. The topological polar surface area (TPSA) is 65.1 Å². The van der Waals surface area contributed by atoms with E-state index in [4.69, 9.17) is 0 Å². The smallest absolute Gasteiger partial charge is 0.328 e. The van der Waals surface area contributed by atoms with Crippen LogP contribution in [0.15, 0.2) is 15.9 Å². The summed E-state index contributed by atoms with van der Waals surface area (Å²) in [5.74, 6) is 0. The van der Waals surface area contributed by atoms with Gasteiger partial charge in [0.2, 0.25) is 0 Å². The lowest BCUT2D eigenvalue weighted by Crippen LogP contribution is -2.41. The number of imidazole rings is 1. The fourth-order valence-corrected chi connectivity index (χ4v) is 3.89. The second kappa shape index (κ2) is 6.93. The van der Waals surface area contributed by atoms with Gasteiger partial charge in [-0.25, -0.2) is 9.78 Å². The molecule has 2 aromatic heterocycles. The molecule has 1 saturated carbocycles. The third kappa shape index (κ3) is 2.92. The molecule has 3 rings (SSSR count). The Labute approximate surface area is 141 Å². The van der Waals surface area contributed by atoms with Gasteiger partial charge in [-0.3, -0.25) is 13.9 Å². The third-order valence-corrected chi connectivity index (χ3v) is 5.28. The molecule has 1 aliphatic rings. The quantitative estimate of drug-likeness (QED) is 0.794. The normalized spacial score (nSPS) is 15.8. The molecule has 0 aliphatic heterocycles. The van der Waals surface area contributed by atoms with Gasteiger partial charge in [-0.2, -0.15) is 0 Å². The van der Waals surface area contributed by atoms with Crippen LogP contribution in [0.4, 0.5) is 0 Å². The maximum absolute atomic E-state index is 12.7. The van der Waals surface area contributed by atoms with E-state index in [9.17, 15) is 9.59 Å². The van der Waals surface area contributed by atoms with Crippen LogP contribution >= 0.6 is 0 Å². The zero-order valence-corrected chi connectivity index (χ0v) is 14.9. The summed E-state index contributed by atoms with van der Waals surface area (Å²) in [6.07, 6.45) is 7.57. The predicted octanol–water partition coefficient (Wildman–Crippen LogP) is 1.09. The molecule has 7 heteroatoms. The number of hydrogen-bond donors (Lipinski definition) is 0. The highest BCUT2D eigenvalue weighted by molar-refractivity contribution is 5.69. The summed E-state index contributed by atoms with van der Waals surface area (Å²) in [5, 5.41) is 0. The Morgan fingerprint density at radius 1 is 1.25 bits per heavy atom. The molecule has 0 radical (unpaired) electrons. The molecule has 1 aliphatic carbocycles. The van der Waals surface area contributed by atoms with Crippen molar-refractivity contribution in [2.24, 2.45) is 14.1 Å². The first-order chi connectivity index (χ1) is 11.5. The molecule has 0 spiro atoms. The molecule has 0 aromatic carbocycles. The minimum absolute atomic E-state index is 0.239. The van der Waals surface area contributed by atoms with Gasteiger partial charge in [0.1, 0.15) is 0 Å². The van der Waals surface area contributed by atoms with Gasteiger partial charge >= 0.3 is 5.69 Å². The number of fused-ring (bicyclic) bond motifs is 1. The average Bonchev–Trinajstić information content (AvgIpc) is 3.22. The maximum Gasteiger partial charge on any atom is 0.332 e. The second-order valence-electron chi connectivity index (χ2n) is 6.75. The summed E-state index contributed by atoms with van der Waals surface area (Å²) < 4.78 is 4.50. The minimum Gasteiger partial charge on any atom is -0.328 e. The van der Waals surface area contributed by atoms with Crippen LogP contribution in [0.3, 0.4) is 0 Å². The maximum atomic E-state index is 12.7. The highest BCUT2D eigenvalue weighted by Crippen LogP contribution is 2.23. The molecule has 0 amide bonds. The molecule has 0 N–H and O–H groups in total. The van der Waals surface area contributed by atoms with E-state index in [-0.39, 0.29) is 11.2 Å². The van der Waals surface area contributed by atoms with Gasteiger partial charge in [-0.1, -0.05) is 19.8 Å². The summed E-state index contributed by atoms with van der Waals surface area (Å²) in [4.78, 5) is 31.8. The molecular weight excluding hydrogens is 306 g/mol. The Kier molecular flexibility index (Phi) is 4.89. The molecule has 1 fully saturated rings. The Balaban J connectivity index is 1.79. The van der Waals surface area contributed by atoms with Gasteiger partial charge in [0.15, 0.2) is 11.2 Å². The Hall–Kier alpha value is -1.89. The van der Waals surface area contributed by atoms with Crippen LogP contribution in [-0.2, 0) is 20.6 Å². The molecule has 132 valence electrons. The fourth-order valence-electron chi connectivity index (χ4n) is 3.89. The van der Waals surface area contributed by atoms with Gasteiger partial charge in [0.05, 0.1) is 6.33 Å².